The number of hydrogen-bond acceptors (Lipinski definition) is 0. The van der Waals surface area contributed by atoms with E-state index >= 15 is 0 Å². The molecule has 0 aromatic carbocycles. The fraction of sp³-hybridized carbons (Fsp3) is 1.00. The summed E-state index contributed by atoms with van der Waals surface area (Å²) in [5, 5.41) is 0.508. The van der Waals surface area contributed by atoms with E-state index in [2.05, 4.69) is 0 Å². The zero-order valence-electron chi connectivity index (χ0n) is 4.49. The van der Waals surface area contributed by atoms with Crippen LogP contribution in [0.3, 0.4) is 0 Å². The van der Waals surface area contributed by atoms with Gasteiger partial charge in [-0.2, -0.15) is 0 Å². The predicted molar refractivity (Wildman–Crippen MR) is 39.9 cm³/mol. The van der Waals surface area contributed by atoms with Gasteiger partial charge in [-0.25, -0.2) is 0 Å². The molecule has 1 aliphatic carbocycles. The molecule has 0 aliphatic heterocycles. The molecule has 0 heterocycles. The van der Waals surface area contributed by atoms with Crippen molar-refractivity contribution in [1.29, 1.82) is 0 Å². The molecule has 0 amide bonds. The van der Waals surface area contributed by atoms with Crippen LogP contribution in [-0.4, -0.2) is 56.8 Å². The van der Waals surface area contributed by atoms with Gasteiger partial charge in [-0.15, -0.1) is 11.6 Å². The summed E-state index contributed by atoms with van der Waals surface area (Å²) < 4.78 is 0. The molecule has 1 rings (SSSR count). The first-order valence-electron chi connectivity index (χ1n) is 3.03. The summed E-state index contributed by atoms with van der Waals surface area (Å²) >= 11 is 5.82. The van der Waals surface area contributed by atoms with Crippen LogP contribution in [-0.2, 0) is 0 Å². The number of alkyl halides is 1. The Morgan fingerprint density at radius 3 is 1.75 bits per heavy atom. The first-order chi connectivity index (χ1) is 3.39. The van der Waals surface area contributed by atoms with Crippen LogP contribution in [0.5, 0.6) is 0 Å². The van der Waals surface area contributed by atoms with Gasteiger partial charge in [0.1, 0.15) is 0 Å². The molecule has 0 radical (unpaired) electrons. The maximum atomic E-state index is 5.82. The van der Waals surface area contributed by atoms with Gasteiger partial charge in [0.15, 0.2) is 0 Å². The summed E-state index contributed by atoms with van der Waals surface area (Å²) in [6.45, 7) is 0. The Bertz CT molecular complexity index is 50.5. The molecule has 8 heavy (non-hydrogen) atoms. The van der Waals surface area contributed by atoms with Crippen LogP contribution >= 0.6 is 11.6 Å². The molecule has 0 aromatic heterocycles. The Morgan fingerprint density at radius 2 is 1.50 bits per heavy atom. The van der Waals surface area contributed by atoms with Gasteiger partial charge in [-0.3, -0.25) is 0 Å². The van der Waals surface area contributed by atoms with Gasteiger partial charge >= 0.3 is 51.4 Å². The first-order valence-corrected chi connectivity index (χ1v) is 3.47. The second-order valence-corrected chi connectivity index (χ2v) is 2.85. The molecule has 1 saturated carbocycles. The van der Waals surface area contributed by atoms with Gasteiger partial charge in [-0.1, -0.05) is 19.3 Å². The van der Waals surface area contributed by atoms with Crippen molar-refractivity contribution >= 4 is 63.0 Å². The Kier molecular flexibility index (Phi) is 7.06. The molecule has 1 fully saturated rings. The average molecular weight is 159 g/mol. The van der Waals surface area contributed by atoms with Crippen molar-refractivity contribution in [2.75, 3.05) is 0 Å². The number of hydrogen-bond donors (Lipinski definition) is 0. The normalized spacial score (nSPS) is 22.1. The molecule has 1 aliphatic rings. The third kappa shape index (κ3) is 3.86. The topological polar surface area (TPSA) is 0 Å². The molecular weight excluding hydrogens is 147 g/mol. The second kappa shape index (κ2) is 5.69. The van der Waals surface area contributed by atoms with E-state index in [1.165, 1.54) is 32.1 Å². The monoisotopic (exact) mass is 158 g/mol. The van der Waals surface area contributed by atoms with Gasteiger partial charge in [0.25, 0.3) is 0 Å². The van der Waals surface area contributed by atoms with Crippen LogP contribution < -0.4 is 0 Å². The molecule has 0 aromatic rings. The summed E-state index contributed by atoms with van der Waals surface area (Å²) in [7, 11) is 0. The molecule has 0 nitrogen and oxygen atoms in total. The van der Waals surface area contributed by atoms with E-state index in [4.69, 9.17) is 11.6 Å². The SMILES string of the molecule is ClC1CCCCC1.[KH]. The first kappa shape index (κ1) is 9.93. The molecule has 0 N–H and O–H groups in total. The second-order valence-electron chi connectivity index (χ2n) is 2.24. The van der Waals surface area contributed by atoms with Crippen molar-refractivity contribution in [2.24, 2.45) is 0 Å². The third-order valence-corrected chi connectivity index (χ3v) is 1.97. The van der Waals surface area contributed by atoms with Gasteiger partial charge in [0.05, 0.1) is 0 Å². The van der Waals surface area contributed by atoms with Crippen molar-refractivity contribution in [1.82, 2.24) is 0 Å². The van der Waals surface area contributed by atoms with E-state index in [0.717, 1.165) is 0 Å². The van der Waals surface area contributed by atoms with Crippen molar-refractivity contribution in [3.63, 3.8) is 0 Å². The van der Waals surface area contributed by atoms with Crippen molar-refractivity contribution in [3.8, 4) is 0 Å². The van der Waals surface area contributed by atoms with Crippen LogP contribution in [0.1, 0.15) is 32.1 Å². The van der Waals surface area contributed by atoms with Gasteiger partial charge < -0.3 is 0 Å². The quantitative estimate of drug-likeness (QED) is 0.373. The molecule has 0 spiro atoms. The van der Waals surface area contributed by atoms with Crippen molar-refractivity contribution in [2.45, 2.75) is 37.5 Å². The zero-order valence-corrected chi connectivity index (χ0v) is 5.25. The summed E-state index contributed by atoms with van der Waals surface area (Å²) in [4.78, 5) is 0. The Hall–Kier alpha value is 1.93. The van der Waals surface area contributed by atoms with E-state index in [-0.39, 0.29) is 51.4 Å². The van der Waals surface area contributed by atoms with E-state index in [1.54, 1.807) is 0 Å². The molecule has 0 bridgehead atoms. The van der Waals surface area contributed by atoms with Crippen molar-refractivity contribution < 1.29 is 0 Å². The average Bonchev–Trinajstić information content (AvgIpc) is 1.69. The van der Waals surface area contributed by atoms with Crippen LogP contribution in [0, 0.1) is 0 Å². The van der Waals surface area contributed by atoms with Crippen LogP contribution in [0.15, 0.2) is 0 Å². The molecule has 0 unspecified atom stereocenters. The predicted octanol–water partition coefficient (Wildman–Crippen LogP) is 1.91. The summed E-state index contributed by atoms with van der Waals surface area (Å²) in [5.41, 5.74) is 0. The zero-order chi connectivity index (χ0) is 5.11. The Balaban J connectivity index is 0.000000490. The van der Waals surface area contributed by atoms with Gasteiger partial charge in [0, 0.05) is 5.38 Å². The Morgan fingerprint density at radius 1 is 1.00 bits per heavy atom. The standard InChI is InChI=1S/C6H11Cl.K.H/c7-6-4-2-1-3-5-6;;/h6H,1-5H2;;. The minimum atomic E-state index is 0. The van der Waals surface area contributed by atoms with E-state index in [1.807, 2.05) is 0 Å². The maximum absolute atomic E-state index is 5.82. The summed E-state index contributed by atoms with van der Waals surface area (Å²) in [5.74, 6) is 0. The molecule has 0 atom stereocenters. The summed E-state index contributed by atoms with van der Waals surface area (Å²) in [6.07, 6.45) is 6.62. The number of halogens is 1. The minimum absolute atomic E-state index is 0. The molecule has 0 saturated heterocycles. The molecule has 44 valence electrons. The molecular formula is C6H12ClK. The van der Waals surface area contributed by atoms with Crippen LogP contribution in [0.4, 0.5) is 0 Å². The van der Waals surface area contributed by atoms with Crippen LogP contribution in [0.2, 0.25) is 0 Å². The van der Waals surface area contributed by atoms with E-state index in [0.29, 0.717) is 5.38 Å². The number of rotatable bonds is 0. The Labute approximate surface area is 98.8 Å². The fourth-order valence-corrected chi connectivity index (χ4v) is 1.36. The van der Waals surface area contributed by atoms with Gasteiger partial charge in [-0.05, 0) is 12.8 Å². The van der Waals surface area contributed by atoms with E-state index in [9.17, 15) is 0 Å². The third-order valence-electron chi connectivity index (χ3n) is 1.53. The summed E-state index contributed by atoms with van der Waals surface area (Å²) in [6, 6.07) is 0. The van der Waals surface area contributed by atoms with E-state index < -0.39 is 0 Å². The fourth-order valence-electron chi connectivity index (χ4n) is 1.05. The van der Waals surface area contributed by atoms with Crippen molar-refractivity contribution in [3.05, 3.63) is 0 Å². The van der Waals surface area contributed by atoms with Gasteiger partial charge in [0.2, 0.25) is 0 Å². The van der Waals surface area contributed by atoms with Crippen LogP contribution in [0.25, 0.3) is 0 Å². The molecule has 2 heteroatoms.